The Morgan fingerprint density at radius 1 is 1.24 bits per heavy atom. The lowest BCUT2D eigenvalue weighted by Gasteiger charge is -2.10. The lowest BCUT2D eigenvalue weighted by molar-refractivity contribution is -0.255. The highest BCUT2D eigenvalue weighted by molar-refractivity contribution is 8.18. The molecule has 0 radical (unpaired) electrons. The quantitative estimate of drug-likeness (QED) is 0.607. The van der Waals surface area contributed by atoms with Gasteiger partial charge in [0, 0.05) is 24.1 Å². The number of hydrogen-bond donors (Lipinski definition) is 0. The standard InChI is InChI=1S/C18H14N2O4S/c1-2-8-20-16(21)15(25-18(20)24)11-14-7-4-9-19(14)13-6-3-5-12(10-13)17(22)23/h2-7,9-11H,1,8H2,(H,22,23)/p-1/b15-11-. The summed E-state index contributed by atoms with van der Waals surface area (Å²) < 4.78 is 1.73. The van der Waals surface area contributed by atoms with Gasteiger partial charge in [0.1, 0.15) is 0 Å². The number of benzene rings is 1. The van der Waals surface area contributed by atoms with Gasteiger partial charge in [-0.25, -0.2) is 0 Å². The third-order valence-corrected chi connectivity index (χ3v) is 4.51. The summed E-state index contributed by atoms with van der Waals surface area (Å²) in [6.07, 6.45) is 4.85. The number of amides is 2. The summed E-state index contributed by atoms with van der Waals surface area (Å²) in [6.45, 7) is 3.70. The number of carbonyl (C=O) groups excluding carboxylic acids is 3. The zero-order valence-electron chi connectivity index (χ0n) is 13.0. The van der Waals surface area contributed by atoms with Crippen LogP contribution >= 0.6 is 11.8 Å². The van der Waals surface area contributed by atoms with Gasteiger partial charge in [0.2, 0.25) is 0 Å². The molecule has 7 heteroatoms. The van der Waals surface area contributed by atoms with Gasteiger partial charge in [-0.2, -0.15) is 0 Å². The van der Waals surface area contributed by atoms with E-state index < -0.39 is 5.97 Å². The molecule has 1 aliphatic rings. The predicted molar refractivity (Wildman–Crippen MR) is 93.0 cm³/mol. The molecule has 1 aromatic heterocycles. The number of imide groups is 1. The van der Waals surface area contributed by atoms with Crippen LogP contribution < -0.4 is 5.11 Å². The second-order valence-corrected chi connectivity index (χ2v) is 6.22. The number of hydrogen-bond acceptors (Lipinski definition) is 5. The number of rotatable bonds is 5. The van der Waals surface area contributed by atoms with Crippen molar-refractivity contribution in [3.8, 4) is 5.69 Å². The summed E-state index contributed by atoms with van der Waals surface area (Å²) >= 11 is 0.865. The molecule has 0 saturated carbocycles. The van der Waals surface area contributed by atoms with Crippen LogP contribution in [0.2, 0.25) is 0 Å². The Hall–Kier alpha value is -3.06. The Labute approximate surface area is 148 Å². The lowest BCUT2D eigenvalue weighted by atomic mass is 10.2. The fraction of sp³-hybridized carbons (Fsp3) is 0.0556. The minimum atomic E-state index is -1.26. The fourth-order valence-corrected chi connectivity index (χ4v) is 3.28. The molecule has 0 spiro atoms. The van der Waals surface area contributed by atoms with E-state index in [1.165, 1.54) is 18.2 Å². The van der Waals surface area contributed by atoms with E-state index in [2.05, 4.69) is 6.58 Å². The Balaban J connectivity index is 1.97. The lowest BCUT2D eigenvalue weighted by Crippen LogP contribution is -2.27. The molecule has 1 saturated heterocycles. The van der Waals surface area contributed by atoms with Crippen molar-refractivity contribution in [1.82, 2.24) is 9.47 Å². The first-order chi connectivity index (χ1) is 12.0. The molecular formula is C18H13N2O4S-. The number of carboxylic acid groups (broad SMARTS) is 1. The highest BCUT2D eigenvalue weighted by Crippen LogP contribution is 2.32. The van der Waals surface area contributed by atoms with Crippen molar-refractivity contribution in [2.45, 2.75) is 0 Å². The minimum Gasteiger partial charge on any atom is -0.545 e. The summed E-state index contributed by atoms with van der Waals surface area (Å²) in [7, 11) is 0. The molecule has 2 heterocycles. The maximum atomic E-state index is 12.3. The summed E-state index contributed by atoms with van der Waals surface area (Å²) in [5, 5.41) is 10.7. The Morgan fingerprint density at radius 3 is 2.76 bits per heavy atom. The van der Waals surface area contributed by atoms with E-state index in [0.29, 0.717) is 16.3 Å². The van der Waals surface area contributed by atoms with Crippen LogP contribution in [0.1, 0.15) is 16.1 Å². The smallest absolute Gasteiger partial charge is 0.293 e. The van der Waals surface area contributed by atoms with Crippen molar-refractivity contribution in [2.75, 3.05) is 6.54 Å². The van der Waals surface area contributed by atoms with Crippen molar-refractivity contribution in [3.05, 3.63) is 71.4 Å². The molecule has 0 bridgehead atoms. The summed E-state index contributed by atoms with van der Waals surface area (Å²) in [6, 6.07) is 9.83. The Kier molecular flexibility index (Phi) is 4.58. The molecule has 0 aliphatic carbocycles. The van der Waals surface area contributed by atoms with Crippen molar-refractivity contribution in [1.29, 1.82) is 0 Å². The first kappa shape index (κ1) is 16.8. The number of nitrogens with zero attached hydrogens (tertiary/aromatic N) is 2. The number of carbonyl (C=O) groups is 3. The summed E-state index contributed by atoms with van der Waals surface area (Å²) in [5.74, 6) is -1.63. The van der Waals surface area contributed by atoms with Gasteiger partial charge < -0.3 is 14.5 Å². The van der Waals surface area contributed by atoms with Gasteiger partial charge in [-0.15, -0.1) is 6.58 Å². The molecular weight excluding hydrogens is 340 g/mol. The van der Waals surface area contributed by atoms with Gasteiger partial charge in [-0.1, -0.05) is 18.2 Å². The van der Waals surface area contributed by atoms with E-state index in [0.717, 1.165) is 16.7 Å². The van der Waals surface area contributed by atoms with Crippen LogP contribution in [0.15, 0.2) is 60.2 Å². The summed E-state index contributed by atoms with van der Waals surface area (Å²) in [4.78, 5) is 36.6. The molecule has 3 rings (SSSR count). The van der Waals surface area contributed by atoms with Crippen LogP contribution in [0, 0.1) is 0 Å². The molecule has 25 heavy (non-hydrogen) atoms. The van der Waals surface area contributed by atoms with E-state index in [1.54, 1.807) is 41.1 Å². The molecule has 0 atom stereocenters. The Morgan fingerprint density at radius 2 is 2.04 bits per heavy atom. The second-order valence-electron chi connectivity index (χ2n) is 5.22. The molecule has 2 amide bonds. The van der Waals surface area contributed by atoms with Crippen LogP contribution in [0.25, 0.3) is 11.8 Å². The van der Waals surface area contributed by atoms with Gasteiger partial charge >= 0.3 is 0 Å². The summed E-state index contributed by atoms with van der Waals surface area (Å²) in [5.41, 5.74) is 1.33. The largest absolute Gasteiger partial charge is 0.545 e. The maximum absolute atomic E-state index is 12.3. The van der Waals surface area contributed by atoms with E-state index in [-0.39, 0.29) is 23.3 Å². The fourth-order valence-electron chi connectivity index (χ4n) is 2.45. The molecule has 1 aliphatic heterocycles. The van der Waals surface area contributed by atoms with Gasteiger partial charge in [-0.05, 0) is 47.7 Å². The van der Waals surface area contributed by atoms with Gasteiger partial charge in [0.05, 0.1) is 10.9 Å². The zero-order valence-corrected chi connectivity index (χ0v) is 13.9. The van der Waals surface area contributed by atoms with Gasteiger partial charge in [0.25, 0.3) is 11.1 Å². The normalized spacial score (nSPS) is 15.8. The van der Waals surface area contributed by atoms with Crippen LogP contribution in [0.5, 0.6) is 0 Å². The molecule has 0 unspecified atom stereocenters. The van der Waals surface area contributed by atoms with Crippen LogP contribution in [-0.2, 0) is 4.79 Å². The molecule has 2 aromatic rings. The number of aromatic carboxylic acids is 1. The van der Waals surface area contributed by atoms with Crippen LogP contribution in [0.4, 0.5) is 4.79 Å². The van der Waals surface area contributed by atoms with Crippen molar-refractivity contribution >= 4 is 35.0 Å². The average Bonchev–Trinajstić information content (AvgIpc) is 3.16. The van der Waals surface area contributed by atoms with Crippen molar-refractivity contribution in [3.63, 3.8) is 0 Å². The average molecular weight is 353 g/mol. The van der Waals surface area contributed by atoms with E-state index in [1.807, 2.05) is 0 Å². The minimum absolute atomic E-state index is 0.0588. The third-order valence-electron chi connectivity index (χ3n) is 3.60. The molecule has 1 aromatic carbocycles. The SMILES string of the molecule is C=CCN1C(=O)S/C(=C\c2cccn2-c2cccc(C(=O)[O-])c2)C1=O. The highest BCUT2D eigenvalue weighted by Gasteiger charge is 2.34. The first-order valence-corrected chi connectivity index (χ1v) is 8.18. The van der Waals surface area contributed by atoms with Crippen LogP contribution in [0.3, 0.4) is 0 Å². The number of aromatic nitrogens is 1. The van der Waals surface area contributed by atoms with Gasteiger partial charge in [0.15, 0.2) is 0 Å². The first-order valence-electron chi connectivity index (χ1n) is 7.36. The molecule has 6 nitrogen and oxygen atoms in total. The molecule has 126 valence electrons. The zero-order chi connectivity index (χ0) is 18.0. The maximum Gasteiger partial charge on any atom is 0.293 e. The highest BCUT2D eigenvalue weighted by atomic mass is 32.2. The second kappa shape index (κ2) is 6.82. The molecule has 1 fully saturated rings. The number of carboxylic acids is 1. The monoisotopic (exact) mass is 353 g/mol. The third kappa shape index (κ3) is 3.27. The van der Waals surface area contributed by atoms with Gasteiger partial charge in [-0.3, -0.25) is 14.5 Å². The van der Waals surface area contributed by atoms with Crippen molar-refractivity contribution < 1.29 is 19.5 Å². The van der Waals surface area contributed by atoms with Crippen LogP contribution in [-0.4, -0.2) is 33.1 Å². The number of thioether (sulfide) groups is 1. The van der Waals surface area contributed by atoms with E-state index in [4.69, 9.17) is 0 Å². The Bertz CT molecular complexity index is 913. The van der Waals surface area contributed by atoms with Crippen molar-refractivity contribution in [2.24, 2.45) is 0 Å². The topological polar surface area (TPSA) is 82.4 Å². The predicted octanol–water partition coefficient (Wildman–Crippen LogP) is 2.06. The van der Waals surface area contributed by atoms with E-state index >= 15 is 0 Å². The molecule has 0 N–H and O–H groups in total. The van der Waals surface area contributed by atoms with E-state index in [9.17, 15) is 19.5 Å².